The lowest BCUT2D eigenvalue weighted by Crippen LogP contribution is -2.62. The Morgan fingerprint density at radius 1 is 1.27 bits per heavy atom. The van der Waals surface area contributed by atoms with Gasteiger partial charge < -0.3 is 4.74 Å². The Hall–Kier alpha value is -1.38. The molecule has 0 amide bonds. The van der Waals surface area contributed by atoms with E-state index in [0.717, 1.165) is 12.3 Å². The summed E-state index contributed by atoms with van der Waals surface area (Å²) in [5.74, 6) is 1.31. The zero-order valence-corrected chi connectivity index (χ0v) is 16.3. The predicted molar refractivity (Wildman–Crippen MR) is 100 cm³/mol. The van der Waals surface area contributed by atoms with E-state index >= 15 is 0 Å². The van der Waals surface area contributed by atoms with Crippen molar-refractivity contribution in [2.75, 3.05) is 13.7 Å². The summed E-state index contributed by atoms with van der Waals surface area (Å²) in [5.41, 5.74) is 5.51. The number of piperidine rings is 1. The Labute approximate surface area is 156 Å². The average molecular weight is 352 g/mol. The Morgan fingerprint density at radius 2 is 2.08 bits per heavy atom. The van der Waals surface area contributed by atoms with Crippen LogP contribution in [0.4, 0.5) is 0 Å². The van der Waals surface area contributed by atoms with E-state index in [4.69, 9.17) is 4.74 Å². The molecule has 0 N–H and O–H groups in total. The molecular formula is C23H30NO2+. The average Bonchev–Trinajstić information content (AvgIpc) is 3.29. The van der Waals surface area contributed by atoms with E-state index in [1.807, 2.05) is 0 Å². The number of rotatable bonds is 1. The topological polar surface area (TPSA) is 29.3 Å². The van der Waals surface area contributed by atoms with Gasteiger partial charge in [-0.3, -0.25) is 4.79 Å². The quantitative estimate of drug-likeness (QED) is 0.407. The van der Waals surface area contributed by atoms with Gasteiger partial charge in [-0.05, 0) is 62.9 Å². The number of allylic oxidation sites excluding steroid dienone is 2. The van der Waals surface area contributed by atoms with Crippen LogP contribution in [0.25, 0.3) is 0 Å². The molecule has 0 radical (unpaired) electrons. The summed E-state index contributed by atoms with van der Waals surface area (Å²) in [6.07, 6.45) is 13.6. The van der Waals surface area contributed by atoms with Gasteiger partial charge in [-0.1, -0.05) is 18.1 Å². The number of esters is 1. The Balaban J connectivity index is 1.67. The number of hydrogen-bond acceptors (Lipinski definition) is 2. The van der Waals surface area contributed by atoms with Gasteiger partial charge in [-0.25, -0.2) is 4.58 Å². The van der Waals surface area contributed by atoms with E-state index in [1.165, 1.54) is 50.6 Å². The van der Waals surface area contributed by atoms with Gasteiger partial charge in [0.25, 0.3) is 0 Å². The molecule has 6 rings (SSSR count). The van der Waals surface area contributed by atoms with E-state index in [1.54, 1.807) is 18.3 Å². The number of carbonyl (C=O) groups is 1. The molecular weight excluding hydrogens is 322 g/mol. The molecule has 4 aliphatic carbocycles. The van der Waals surface area contributed by atoms with Crippen LogP contribution >= 0.6 is 0 Å². The maximum atomic E-state index is 12.8. The van der Waals surface area contributed by atoms with Crippen molar-refractivity contribution in [1.29, 1.82) is 0 Å². The van der Waals surface area contributed by atoms with E-state index in [0.29, 0.717) is 11.3 Å². The minimum atomic E-state index is 0.0435. The smallest absolute Gasteiger partial charge is 0.309 e. The molecule has 26 heavy (non-hydrogen) atoms. The van der Waals surface area contributed by atoms with Crippen molar-refractivity contribution in [2.24, 2.45) is 28.6 Å². The molecule has 0 aromatic heterocycles. The number of ether oxygens (including phenoxy) is 1. The molecule has 3 fully saturated rings. The fourth-order valence-electron chi connectivity index (χ4n) is 8.86. The first-order valence-corrected chi connectivity index (χ1v) is 10.6. The summed E-state index contributed by atoms with van der Waals surface area (Å²) >= 11 is 0. The van der Waals surface area contributed by atoms with E-state index in [-0.39, 0.29) is 22.8 Å². The molecule has 4 bridgehead atoms. The molecule has 2 spiro atoms. The van der Waals surface area contributed by atoms with Crippen molar-refractivity contribution in [2.45, 2.75) is 64.3 Å². The molecule has 2 saturated carbocycles. The van der Waals surface area contributed by atoms with Crippen molar-refractivity contribution in [1.82, 2.24) is 0 Å². The maximum absolute atomic E-state index is 12.8. The van der Waals surface area contributed by atoms with Gasteiger partial charge in [0.15, 0.2) is 11.8 Å². The van der Waals surface area contributed by atoms with Crippen LogP contribution in [0, 0.1) is 28.6 Å². The summed E-state index contributed by atoms with van der Waals surface area (Å²) in [5, 5.41) is 0. The van der Waals surface area contributed by atoms with Crippen LogP contribution in [0.15, 0.2) is 22.8 Å². The number of methoxy groups -OCH3 is 1. The zero-order chi connectivity index (χ0) is 17.9. The highest BCUT2D eigenvalue weighted by molar-refractivity contribution is 5.78. The van der Waals surface area contributed by atoms with Gasteiger partial charge in [0, 0.05) is 17.9 Å². The third-order valence-electron chi connectivity index (χ3n) is 9.67. The minimum absolute atomic E-state index is 0.0435. The maximum Gasteiger partial charge on any atom is 0.309 e. The normalized spacial score (nSPS) is 50.2. The second kappa shape index (κ2) is 4.54. The van der Waals surface area contributed by atoms with Crippen molar-refractivity contribution in [3.8, 4) is 0 Å². The standard InChI is InChI=1S/C23H30NO2/c1-14-10-22-9-8-21(2)16(13-24(22)12-14)6-4-15-5-7-17-18(20(25)26-3)11-23(21,22)19(15)17/h10,12,16-18H,4-9,11,13H2,1-3H3/q+1/t16-,17-,18?,21+,22-,23-/m1/s1. The van der Waals surface area contributed by atoms with Crippen molar-refractivity contribution in [3.63, 3.8) is 0 Å². The second-order valence-electron chi connectivity index (χ2n) is 10.1. The lowest BCUT2D eigenvalue weighted by molar-refractivity contribution is -0.626. The third-order valence-corrected chi connectivity index (χ3v) is 9.67. The first kappa shape index (κ1) is 15.7. The largest absolute Gasteiger partial charge is 0.469 e. The van der Waals surface area contributed by atoms with Crippen LogP contribution in [0.5, 0.6) is 0 Å². The molecule has 0 aromatic rings. The minimum Gasteiger partial charge on any atom is -0.469 e. The molecule has 2 aliphatic heterocycles. The lowest BCUT2D eigenvalue weighted by atomic mass is 9.50. The molecule has 0 aromatic carbocycles. The van der Waals surface area contributed by atoms with E-state index in [9.17, 15) is 4.79 Å². The van der Waals surface area contributed by atoms with Crippen molar-refractivity contribution in [3.05, 3.63) is 22.8 Å². The monoisotopic (exact) mass is 352 g/mol. The summed E-state index contributed by atoms with van der Waals surface area (Å²) in [6, 6.07) is 0. The van der Waals surface area contributed by atoms with Crippen molar-refractivity contribution < 1.29 is 14.1 Å². The molecule has 1 unspecified atom stereocenters. The van der Waals surface area contributed by atoms with Crippen LogP contribution in [-0.2, 0) is 9.53 Å². The van der Waals surface area contributed by atoms with Crippen LogP contribution < -0.4 is 0 Å². The van der Waals surface area contributed by atoms with E-state index in [2.05, 4.69) is 30.7 Å². The predicted octanol–water partition coefficient (Wildman–Crippen LogP) is 3.88. The number of carbonyl (C=O) groups excluding carboxylic acids is 1. The van der Waals surface area contributed by atoms with E-state index < -0.39 is 0 Å². The van der Waals surface area contributed by atoms with Crippen LogP contribution in [0.3, 0.4) is 0 Å². The zero-order valence-electron chi connectivity index (χ0n) is 16.3. The summed E-state index contributed by atoms with van der Waals surface area (Å²) in [7, 11) is 1.58. The van der Waals surface area contributed by atoms with Gasteiger partial charge in [-0.2, -0.15) is 0 Å². The molecule has 3 heteroatoms. The second-order valence-corrected chi connectivity index (χ2v) is 10.1. The number of hydrogen-bond donors (Lipinski definition) is 0. The molecule has 2 heterocycles. The molecule has 3 nitrogen and oxygen atoms in total. The summed E-state index contributed by atoms with van der Waals surface area (Å²) in [4.78, 5) is 12.8. The third kappa shape index (κ3) is 1.38. The Kier molecular flexibility index (Phi) is 2.73. The molecule has 138 valence electrons. The van der Waals surface area contributed by atoms with Crippen LogP contribution in [0.1, 0.15) is 58.8 Å². The summed E-state index contributed by atoms with van der Waals surface area (Å²) in [6.45, 7) is 6.07. The van der Waals surface area contributed by atoms with Gasteiger partial charge in [-0.15, -0.1) is 0 Å². The number of nitrogens with zero attached hydrogens (tertiary/aromatic N) is 1. The highest BCUT2D eigenvalue weighted by atomic mass is 16.5. The van der Waals surface area contributed by atoms with Crippen LogP contribution in [0.2, 0.25) is 0 Å². The summed E-state index contributed by atoms with van der Waals surface area (Å²) < 4.78 is 8.03. The highest BCUT2D eigenvalue weighted by Crippen LogP contribution is 2.79. The Morgan fingerprint density at radius 3 is 2.88 bits per heavy atom. The van der Waals surface area contributed by atoms with Gasteiger partial charge in [0.2, 0.25) is 0 Å². The van der Waals surface area contributed by atoms with Gasteiger partial charge >= 0.3 is 5.97 Å². The molecule has 6 aliphatic rings. The van der Waals surface area contributed by atoms with Gasteiger partial charge in [0.1, 0.15) is 6.54 Å². The SMILES string of the molecule is COC(=O)C1C[C@]23C4=C(CC[C@@H]5C[N+]6=CC(C)=C[C@@]62CC[C@@]53C)CC[C@@H]41. The Bertz CT molecular complexity index is 835. The highest BCUT2D eigenvalue weighted by Gasteiger charge is 2.81. The fraction of sp³-hybridized carbons (Fsp3) is 0.739. The van der Waals surface area contributed by atoms with Gasteiger partial charge in [0.05, 0.1) is 18.4 Å². The first-order chi connectivity index (χ1) is 12.5. The lowest BCUT2D eigenvalue weighted by Gasteiger charge is -2.54. The molecule has 6 atom stereocenters. The molecule has 1 saturated heterocycles. The van der Waals surface area contributed by atoms with Crippen molar-refractivity contribution >= 4 is 12.2 Å². The van der Waals surface area contributed by atoms with Crippen LogP contribution in [-0.4, -0.2) is 36.0 Å². The first-order valence-electron chi connectivity index (χ1n) is 10.6. The fourth-order valence-corrected chi connectivity index (χ4v) is 8.86.